The summed E-state index contributed by atoms with van der Waals surface area (Å²) in [5.41, 5.74) is 1.33. The molecule has 1 aromatic carbocycles. The highest BCUT2D eigenvalue weighted by Gasteiger charge is 2.30. The van der Waals surface area contributed by atoms with E-state index in [9.17, 15) is 0 Å². The molecule has 3 aliphatic rings. The van der Waals surface area contributed by atoms with Crippen LogP contribution in [0, 0.1) is 5.92 Å². The molecule has 0 aromatic heterocycles. The predicted octanol–water partition coefficient (Wildman–Crippen LogP) is 2.84. The van der Waals surface area contributed by atoms with Crippen molar-refractivity contribution in [1.29, 1.82) is 0 Å². The quantitative estimate of drug-likeness (QED) is 0.786. The molecule has 4 nitrogen and oxygen atoms in total. The summed E-state index contributed by atoms with van der Waals surface area (Å²) in [6.45, 7) is 6.53. The molecule has 2 N–H and O–H groups in total. The number of halogens is 2. The van der Waals surface area contributed by atoms with Crippen LogP contribution in [0.4, 0.5) is 0 Å². The van der Waals surface area contributed by atoms with Crippen LogP contribution in [0.3, 0.4) is 0 Å². The van der Waals surface area contributed by atoms with Gasteiger partial charge in [-0.1, -0.05) is 12.1 Å². The molecule has 0 radical (unpaired) electrons. The molecular weight excluding hydrogens is 357 g/mol. The van der Waals surface area contributed by atoms with Crippen LogP contribution in [0.25, 0.3) is 0 Å². The molecule has 2 aliphatic heterocycles. The maximum absolute atomic E-state index is 6.12. The first-order valence-electron chi connectivity index (χ1n) is 9.27. The molecule has 0 bridgehead atoms. The number of hydrogen-bond donors (Lipinski definition) is 2. The van der Waals surface area contributed by atoms with Gasteiger partial charge in [0.2, 0.25) is 0 Å². The second kappa shape index (κ2) is 9.98. The molecule has 1 aromatic rings. The van der Waals surface area contributed by atoms with E-state index in [1.54, 1.807) is 0 Å². The van der Waals surface area contributed by atoms with Crippen LogP contribution >= 0.6 is 24.8 Å². The smallest absolute Gasteiger partial charge is 0.119 e. The van der Waals surface area contributed by atoms with Crippen molar-refractivity contribution in [2.45, 2.75) is 44.3 Å². The number of nitrogens with zero attached hydrogens (tertiary/aromatic N) is 1. The van der Waals surface area contributed by atoms with Gasteiger partial charge in [0.15, 0.2) is 0 Å². The van der Waals surface area contributed by atoms with Crippen LogP contribution in [-0.4, -0.2) is 49.8 Å². The summed E-state index contributed by atoms with van der Waals surface area (Å²) < 4.78 is 6.12. The minimum atomic E-state index is 0. The molecule has 4 rings (SSSR count). The normalized spacial score (nSPS) is 26.1. The average molecular weight is 388 g/mol. The van der Waals surface area contributed by atoms with Crippen LogP contribution in [0.2, 0.25) is 0 Å². The van der Waals surface area contributed by atoms with Gasteiger partial charge in [-0.2, -0.15) is 0 Å². The van der Waals surface area contributed by atoms with Gasteiger partial charge in [-0.15, -0.1) is 24.8 Å². The van der Waals surface area contributed by atoms with Gasteiger partial charge in [-0.25, -0.2) is 0 Å². The number of fused-ring (bicyclic) bond motifs is 1. The Kier molecular flexibility index (Phi) is 8.30. The third-order valence-electron chi connectivity index (χ3n) is 5.43. The fraction of sp³-hybridized carbons (Fsp3) is 0.684. The fourth-order valence-corrected chi connectivity index (χ4v) is 3.82. The van der Waals surface area contributed by atoms with Gasteiger partial charge < -0.3 is 15.4 Å². The van der Waals surface area contributed by atoms with E-state index in [2.05, 4.69) is 39.8 Å². The second-order valence-corrected chi connectivity index (χ2v) is 7.41. The largest absolute Gasteiger partial charge is 0.493 e. The maximum atomic E-state index is 6.12. The summed E-state index contributed by atoms with van der Waals surface area (Å²) in [4.78, 5) is 2.66. The molecule has 142 valence electrons. The van der Waals surface area contributed by atoms with Gasteiger partial charge in [-0.05, 0) is 43.4 Å². The zero-order valence-electron chi connectivity index (χ0n) is 14.8. The topological polar surface area (TPSA) is 36.5 Å². The summed E-state index contributed by atoms with van der Waals surface area (Å²) >= 11 is 0. The number of nitrogens with one attached hydrogen (secondary N) is 2. The zero-order valence-corrected chi connectivity index (χ0v) is 16.4. The highest BCUT2D eigenvalue weighted by Crippen LogP contribution is 2.24. The minimum Gasteiger partial charge on any atom is -0.493 e. The van der Waals surface area contributed by atoms with E-state index < -0.39 is 0 Å². The molecule has 3 fully saturated rings. The number of rotatable bonds is 6. The molecule has 0 amide bonds. The number of ether oxygens (including phenoxy) is 1. The third kappa shape index (κ3) is 6.00. The van der Waals surface area contributed by atoms with Crippen molar-refractivity contribution in [2.75, 3.05) is 32.8 Å². The zero-order chi connectivity index (χ0) is 15.5. The molecular formula is C19H31Cl2N3O. The van der Waals surface area contributed by atoms with E-state index in [1.165, 1.54) is 50.9 Å². The van der Waals surface area contributed by atoms with Gasteiger partial charge >= 0.3 is 0 Å². The molecule has 2 saturated heterocycles. The van der Waals surface area contributed by atoms with E-state index >= 15 is 0 Å². The Morgan fingerprint density at radius 1 is 1.16 bits per heavy atom. The molecule has 1 aliphatic carbocycles. The van der Waals surface area contributed by atoms with E-state index in [4.69, 9.17) is 4.74 Å². The molecule has 2 atom stereocenters. The first-order chi connectivity index (χ1) is 11.4. The Balaban J connectivity index is 0.00000113. The van der Waals surface area contributed by atoms with Crippen molar-refractivity contribution in [2.24, 2.45) is 5.92 Å². The summed E-state index contributed by atoms with van der Waals surface area (Å²) in [5.74, 6) is 1.71. The fourth-order valence-electron chi connectivity index (χ4n) is 3.82. The molecule has 0 unspecified atom stereocenters. The van der Waals surface area contributed by atoms with Crippen LogP contribution in [0.5, 0.6) is 5.75 Å². The van der Waals surface area contributed by atoms with Crippen LogP contribution in [-0.2, 0) is 6.54 Å². The number of piperidine rings is 1. The minimum absolute atomic E-state index is 0. The monoisotopic (exact) mass is 387 g/mol. The highest BCUT2D eigenvalue weighted by atomic mass is 35.5. The maximum Gasteiger partial charge on any atom is 0.119 e. The average Bonchev–Trinajstić information content (AvgIpc) is 3.43. The number of piperazine rings is 1. The Bertz CT molecular complexity index is 527. The van der Waals surface area contributed by atoms with Crippen molar-refractivity contribution in [3.63, 3.8) is 0 Å². The van der Waals surface area contributed by atoms with Gasteiger partial charge in [0.1, 0.15) is 5.75 Å². The molecule has 2 heterocycles. The Morgan fingerprint density at radius 3 is 2.88 bits per heavy atom. The van der Waals surface area contributed by atoms with E-state index in [1.807, 2.05) is 0 Å². The standard InChI is InChI=1S/C19H29N3O.2ClH/c1-2-15(11-21-17-5-6-17)10-19(3-1)23-14-16-4-7-18-12-20-8-9-22(18)13-16;;/h1-3,10,16-18,20-21H,4-9,11-14H2;2*1H/t16-,18-;;/m1../s1. The lowest BCUT2D eigenvalue weighted by Crippen LogP contribution is -2.55. The van der Waals surface area contributed by atoms with Crippen LogP contribution in [0.1, 0.15) is 31.2 Å². The molecule has 1 saturated carbocycles. The van der Waals surface area contributed by atoms with Crippen molar-refractivity contribution in [3.8, 4) is 5.75 Å². The lowest BCUT2D eigenvalue weighted by molar-refractivity contribution is 0.0649. The van der Waals surface area contributed by atoms with E-state index in [-0.39, 0.29) is 24.8 Å². The molecule has 25 heavy (non-hydrogen) atoms. The van der Waals surface area contributed by atoms with Gasteiger partial charge in [0.05, 0.1) is 6.61 Å². The highest BCUT2D eigenvalue weighted by molar-refractivity contribution is 5.85. The van der Waals surface area contributed by atoms with Gasteiger partial charge in [0, 0.05) is 50.7 Å². The molecule has 6 heteroatoms. The summed E-state index contributed by atoms with van der Waals surface area (Å²) in [5, 5.41) is 7.08. The molecule has 0 spiro atoms. The summed E-state index contributed by atoms with van der Waals surface area (Å²) in [7, 11) is 0. The lowest BCUT2D eigenvalue weighted by Gasteiger charge is -2.42. The summed E-state index contributed by atoms with van der Waals surface area (Å²) in [6, 6.07) is 10.1. The predicted molar refractivity (Wildman–Crippen MR) is 107 cm³/mol. The van der Waals surface area contributed by atoms with Crippen molar-refractivity contribution < 1.29 is 4.74 Å². The van der Waals surface area contributed by atoms with Crippen molar-refractivity contribution >= 4 is 24.8 Å². The van der Waals surface area contributed by atoms with Crippen LogP contribution in [0.15, 0.2) is 24.3 Å². The SMILES string of the molecule is Cl.Cl.c1cc(CNC2CC2)cc(OC[C@@H]2CC[C@@H]3CNCCN3C2)c1. The Hall–Kier alpha value is -0.520. The van der Waals surface area contributed by atoms with E-state index in [0.717, 1.165) is 37.5 Å². The Morgan fingerprint density at radius 2 is 2.04 bits per heavy atom. The van der Waals surface area contributed by atoms with Gasteiger partial charge in [0.25, 0.3) is 0 Å². The van der Waals surface area contributed by atoms with Crippen molar-refractivity contribution in [1.82, 2.24) is 15.5 Å². The summed E-state index contributed by atoms with van der Waals surface area (Å²) in [6.07, 6.45) is 5.29. The second-order valence-electron chi connectivity index (χ2n) is 7.41. The number of benzene rings is 1. The van der Waals surface area contributed by atoms with Crippen molar-refractivity contribution in [3.05, 3.63) is 29.8 Å². The number of hydrogen-bond acceptors (Lipinski definition) is 4. The van der Waals surface area contributed by atoms with Gasteiger partial charge in [-0.3, -0.25) is 4.90 Å². The Labute approximate surface area is 163 Å². The third-order valence-corrected chi connectivity index (χ3v) is 5.43. The lowest BCUT2D eigenvalue weighted by atomic mass is 9.92. The van der Waals surface area contributed by atoms with Crippen LogP contribution < -0.4 is 15.4 Å². The first kappa shape index (κ1) is 20.8. The first-order valence-corrected chi connectivity index (χ1v) is 9.27. The van der Waals surface area contributed by atoms with E-state index in [0.29, 0.717) is 5.92 Å².